The molecule has 0 aliphatic carbocycles. The fourth-order valence-electron chi connectivity index (χ4n) is 2.24. The Labute approximate surface area is 107 Å². The van der Waals surface area contributed by atoms with Crippen LogP contribution in [0.4, 0.5) is 0 Å². The molecule has 2 heterocycles. The number of benzene rings is 1. The van der Waals surface area contributed by atoms with Gasteiger partial charge in [0.2, 0.25) is 5.88 Å². The molecular weight excluding hydrogens is 224 g/mol. The van der Waals surface area contributed by atoms with Gasteiger partial charge < -0.3 is 10.1 Å². The Morgan fingerprint density at radius 1 is 1.11 bits per heavy atom. The zero-order chi connectivity index (χ0) is 12.2. The van der Waals surface area contributed by atoms with Crippen molar-refractivity contribution in [3.8, 4) is 11.6 Å². The summed E-state index contributed by atoms with van der Waals surface area (Å²) in [4.78, 5) is 4.36. The molecule has 0 spiro atoms. The molecule has 1 aliphatic rings. The number of pyridine rings is 1. The summed E-state index contributed by atoms with van der Waals surface area (Å²) in [5, 5.41) is 3.46. The van der Waals surface area contributed by atoms with E-state index in [0.717, 1.165) is 12.3 Å². The molecule has 1 unspecified atom stereocenters. The molecule has 0 bridgehead atoms. The predicted molar refractivity (Wildman–Crippen MR) is 70.7 cm³/mol. The van der Waals surface area contributed by atoms with Crippen molar-refractivity contribution in [1.82, 2.24) is 10.3 Å². The van der Waals surface area contributed by atoms with Gasteiger partial charge in [0.25, 0.3) is 0 Å². The van der Waals surface area contributed by atoms with E-state index in [-0.39, 0.29) is 0 Å². The monoisotopic (exact) mass is 240 g/mol. The second kappa shape index (κ2) is 5.19. The molecule has 1 aromatic carbocycles. The average Bonchev–Trinajstić information content (AvgIpc) is 2.95. The topological polar surface area (TPSA) is 34.1 Å². The predicted octanol–water partition coefficient (Wildman–Crippen LogP) is 3.30. The molecule has 3 heteroatoms. The van der Waals surface area contributed by atoms with Crippen molar-refractivity contribution in [3.63, 3.8) is 0 Å². The molecule has 1 N–H and O–H groups in total. The summed E-state index contributed by atoms with van der Waals surface area (Å²) < 4.78 is 5.66. The van der Waals surface area contributed by atoms with Crippen LogP contribution in [-0.4, -0.2) is 11.5 Å². The first kappa shape index (κ1) is 11.2. The van der Waals surface area contributed by atoms with Gasteiger partial charge in [0, 0.05) is 18.3 Å². The number of para-hydroxylation sites is 1. The van der Waals surface area contributed by atoms with Crippen LogP contribution in [0.3, 0.4) is 0 Å². The van der Waals surface area contributed by atoms with Crippen LogP contribution < -0.4 is 10.1 Å². The van der Waals surface area contributed by atoms with Crippen molar-refractivity contribution in [3.05, 3.63) is 54.2 Å². The van der Waals surface area contributed by atoms with E-state index in [9.17, 15) is 0 Å². The van der Waals surface area contributed by atoms with E-state index >= 15 is 0 Å². The lowest BCUT2D eigenvalue weighted by molar-refractivity contribution is 0.461. The highest BCUT2D eigenvalue weighted by Crippen LogP contribution is 2.24. The van der Waals surface area contributed by atoms with Gasteiger partial charge in [0.15, 0.2) is 0 Å². The van der Waals surface area contributed by atoms with Gasteiger partial charge in [0.05, 0.1) is 0 Å². The van der Waals surface area contributed by atoms with Crippen LogP contribution in [0.15, 0.2) is 48.7 Å². The Bertz CT molecular complexity index is 490. The molecule has 92 valence electrons. The maximum Gasteiger partial charge on any atom is 0.219 e. The van der Waals surface area contributed by atoms with Crippen LogP contribution in [0.2, 0.25) is 0 Å². The Morgan fingerprint density at radius 3 is 2.67 bits per heavy atom. The highest BCUT2D eigenvalue weighted by atomic mass is 16.5. The fraction of sp³-hybridized carbons (Fsp3) is 0.267. The van der Waals surface area contributed by atoms with Crippen molar-refractivity contribution in [2.75, 3.05) is 6.54 Å². The van der Waals surface area contributed by atoms with Gasteiger partial charge in [-0.25, -0.2) is 4.98 Å². The number of hydrogen-bond donors (Lipinski definition) is 1. The summed E-state index contributed by atoms with van der Waals surface area (Å²) in [7, 11) is 0. The normalized spacial score (nSPS) is 18.8. The van der Waals surface area contributed by atoms with Gasteiger partial charge in [-0.1, -0.05) is 24.3 Å². The third-order valence-corrected chi connectivity index (χ3v) is 3.19. The molecular formula is C15H16N2O. The SMILES string of the molecule is c1ccc(Oc2ccc(C3CCCN3)cn2)cc1. The molecule has 0 saturated carbocycles. The third kappa shape index (κ3) is 2.51. The van der Waals surface area contributed by atoms with Gasteiger partial charge in [0.1, 0.15) is 5.75 Å². The zero-order valence-electron chi connectivity index (χ0n) is 10.2. The Kier molecular flexibility index (Phi) is 3.24. The van der Waals surface area contributed by atoms with Crippen molar-refractivity contribution in [2.45, 2.75) is 18.9 Å². The fourth-order valence-corrected chi connectivity index (χ4v) is 2.24. The lowest BCUT2D eigenvalue weighted by atomic mass is 10.1. The lowest BCUT2D eigenvalue weighted by Crippen LogP contribution is -2.12. The molecule has 18 heavy (non-hydrogen) atoms. The zero-order valence-corrected chi connectivity index (χ0v) is 10.2. The van der Waals surface area contributed by atoms with Crippen LogP contribution in [0, 0.1) is 0 Å². The summed E-state index contributed by atoms with van der Waals surface area (Å²) in [5.74, 6) is 1.46. The van der Waals surface area contributed by atoms with E-state index in [0.29, 0.717) is 11.9 Å². The van der Waals surface area contributed by atoms with Gasteiger partial charge in [-0.3, -0.25) is 0 Å². The third-order valence-electron chi connectivity index (χ3n) is 3.19. The number of nitrogens with zero attached hydrogens (tertiary/aromatic N) is 1. The van der Waals surface area contributed by atoms with Gasteiger partial charge >= 0.3 is 0 Å². The number of ether oxygens (including phenoxy) is 1. The molecule has 2 aromatic rings. The van der Waals surface area contributed by atoms with Gasteiger partial charge in [-0.15, -0.1) is 0 Å². The van der Waals surface area contributed by atoms with Crippen molar-refractivity contribution >= 4 is 0 Å². The molecule has 1 aromatic heterocycles. The maximum atomic E-state index is 5.66. The summed E-state index contributed by atoms with van der Waals surface area (Å²) >= 11 is 0. The summed E-state index contributed by atoms with van der Waals surface area (Å²) in [6.07, 6.45) is 4.34. The molecule has 1 aliphatic heterocycles. The Balaban J connectivity index is 1.71. The van der Waals surface area contributed by atoms with Gasteiger partial charge in [-0.05, 0) is 37.1 Å². The molecule has 0 amide bonds. The van der Waals surface area contributed by atoms with E-state index in [1.165, 1.54) is 18.4 Å². The molecule has 1 fully saturated rings. The van der Waals surface area contributed by atoms with Gasteiger partial charge in [-0.2, -0.15) is 0 Å². The Hall–Kier alpha value is -1.87. The Morgan fingerprint density at radius 2 is 2.00 bits per heavy atom. The molecule has 3 nitrogen and oxygen atoms in total. The minimum Gasteiger partial charge on any atom is -0.439 e. The van der Waals surface area contributed by atoms with E-state index in [4.69, 9.17) is 4.74 Å². The number of nitrogens with one attached hydrogen (secondary N) is 1. The summed E-state index contributed by atoms with van der Waals surface area (Å²) in [6.45, 7) is 1.10. The van der Waals surface area contributed by atoms with E-state index in [1.54, 1.807) is 0 Å². The molecule has 3 rings (SSSR count). The minimum absolute atomic E-state index is 0.461. The van der Waals surface area contributed by atoms with E-state index < -0.39 is 0 Å². The number of rotatable bonds is 3. The number of hydrogen-bond acceptors (Lipinski definition) is 3. The average molecular weight is 240 g/mol. The summed E-state index contributed by atoms with van der Waals surface area (Å²) in [5.41, 5.74) is 1.24. The van der Waals surface area contributed by atoms with Crippen molar-refractivity contribution in [1.29, 1.82) is 0 Å². The second-order valence-electron chi connectivity index (χ2n) is 4.49. The smallest absolute Gasteiger partial charge is 0.219 e. The van der Waals surface area contributed by atoms with Crippen molar-refractivity contribution < 1.29 is 4.74 Å². The van der Waals surface area contributed by atoms with Crippen LogP contribution in [0.25, 0.3) is 0 Å². The van der Waals surface area contributed by atoms with Crippen LogP contribution in [0.5, 0.6) is 11.6 Å². The van der Waals surface area contributed by atoms with E-state index in [2.05, 4.69) is 16.4 Å². The highest BCUT2D eigenvalue weighted by molar-refractivity contribution is 5.28. The first-order valence-electron chi connectivity index (χ1n) is 6.34. The van der Waals surface area contributed by atoms with Crippen LogP contribution in [0.1, 0.15) is 24.4 Å². The minimum atomic E-state index is 0.461. The van der Waals surface area contributed by atoms with E-state index in [1.807, 2.05) is 42.6 Å². The highest BCUT2D eigenvalue weighted by Gasteiger charge is 2.16. The molecule has 1 saturated heterocycles. The largest absolute Gasteiger partial charge is 0.439 e. The second-order valence-corrected chi connectivity index (χ2v) is 4.49. The van der Waals surface area contributed by atoms with Crippen LogP contribution in [-0.2, 0) is 0 Å². The standard InChI is InChI=1S/C15H16N2O/c1-2-5-13(6-3-1)18-15-9-8-12(11-17-15)14-7-4-10-16-14/h1-3,5-6,8-9,11,14,16H,4,7,10H2. The lowest BCUT2D eigenvalue weighted by Gasteiger charge is -2.10. The van der Waals surface area contributed by atoms with Crippen molar-refractivity contribution in [2.24, 2.45) is 0 Å². The quantitative estimate of drug-likeness (QED) is 0.893. The maximum absolute atomic E-state index is 5.66. The van der Waals surface area contributed by atoms with Crippen LogP contribution >= 0.6 is 0 Å². The number of aromatic nitrogens is 1. The summed E-state index contributed by atoms with van der Waals surface area (Å²) in [6, 6.07) is 14.2. The molecule has 1 atom stereocenters. The molecule has 0 radical (unpaired) electrons. The first-order valence-corrected chi connectivity index (χ1v) is 6.34. The first-order chi connectivity index (χ1) is 8.92.